The van der Waals surface area contributed by atoms with Crippen molar-refractivity contribution in [2.24, 2.45) is 11.8 Å². The van der Waals surface area contributed by atoms with Crippen molar-refractivity contribution < 1.29 is 0 Å². The van der Waals surface area contributed by atoms with Gasteiger partial charge in [0.05, 0.1) is 5.39 Å². The number of thiophene rings is 1. The van der Waals surface area contributed by atoms with Crippen molar-refractivity contribution in [1.29, 1.82) is 0 Å². The van der Waals surface area contributed by atoms with E-state index in [1.54, 1.807) is 0 Å². The van der Waals surface area contributed by atoms with Crippen molar-refractivity contribution in [3.8, 4) is 0 Å². The van der Waals surface area contributed by atoms with E-state index < -0.39 is 0 Å². The molecule has 3 N–H and O–H groups in total. The maximum Gasteiger partial charge on any atom is 0.152 e. The lowest BCUT2D eigenvalue weighted by atomic mass is 9.82. The number of nitrogens with zero attached hydrogens (tertiary/aromatic N) is 2. The van der Waals surface area contributed by atoms with Gasteiger partial charge < -0.3 is 5.43 Å². The molecule has 1 fully saturated rings. The van der Waals surface area contributed by atoms with Crippen LogP contribution in [-0.4, -0.2) is 9.97 Å². The maximum atomic E-state index is 5.76. The summed E-state index contributed by atoms with van der Waals surface area (Å²) in [6.45, 7) is 2.34. The van der Waals surface area contributed by atoms with Gasteiger partial charge in [-0.1, -0.05) is 19.8 Å². The molecule has 0 bridgehead atoms. The van der Waals surface area contributed by atoms with E-state index in [1.807, 2.05) is 11.3 Å². The molecule has 2 aliphatic rings. The highest BCUT2D eigenvalue weighted by Crippen LogP contribution is 2.41. The molecule has 5 heteroatoms. The van der Waals surface area contributed by atoms with Crippen LogP contribution in [0.1, 0.15) is 61.2 Å². The lowest BCUT2D eigenvalue weighted by Gasteiger charge is -2.25. The summed E-state index contributed by atoms with van der Waals surface area (Å²) in [4.78, 5) is 12.3. The van der Waals surface area contributed by atoms with Crippen LogP contribution in [0.3, 0.4) is 0 Å². The van der Waals surface area contributed by atoms with E-state index in [-0.39, 0.29) is 0 Å². The standard InChI is InChI=1S/C16H22N4S/c1-9-4-2-5-10(8-9)14-18-15(20-17)13-11-6-3-7-12(11)21-16(13)19-14/h9-10H,2-8,17H2,1H3,(H,18,19,20). The molecular formula is C16H22N4S. The Labute approximate surface area is 129 Å². The van der Waals surface area contributed by atoms with Crippen molar-refractivity contribution >= 4 is 27.4 Å². The Balaban J connectivity index is 1.81. The van der Waals surface area contributed by atoms with E-state index in [0.29, 0.717) is 5.92 Å². The number of anilines is 1. The van der Waals surface area contributed by atoms with Crippen LogP contribution >= 0.6 is 11.3 Å². The third-order valence-electron chi connectivity index (χ3n) is 5.02. The number of aromatic nitrogens is 2. The molecule has 0 saturated heterocycles. The third-order valence-corrected chi connectivity index (χ3v) is 6.21. The summed E-state index contributed by atoms with van der Waals surface area (Å²) in [5, 5.41) is 1.18. The predicted octanol–water partition coefficient (Wildman–Crippen LogP) is 3.76. The molecule has 2 heterocycles. The van der Waals surface area contributed by atoms with Gasteiger partial charge in [-0.25, -0.2) is 15.8 Å². The molecule has 0 amide bonds. The number of rotatable bonds is 2. The van der Waals surface area contributed by atoms with Crippen molar-refractivity contribution in [3.05, 3.63) is 16.3 Å². The lowest BCUT2D eigenvalue weighted by molar-refractivity contribution is 0.336. The monoisotopic (exact) mass is 302 g/mol. The molecule has 112 valence electrons. The van der Waals surface area contributed by atoms with Gasteiger partial charge in [0.1, 0.15) is 10.7 Å². The van der Waals surface area contributed by atoms with E-state index in [4.69, 9.17) is 15.8 Å². The smallest absolute Gasteiger partial charge is 0.152 e. The second kappa shape index (κ2) is 5.21. The molecule has 0 aromatic carbocycles. The topological polar surface area (TPSA) is 63.8 Å². The number of nitrogens with two attached hydrogens (primary N) is 1. The van der Waals surface area contributed by atoms with Crippen LogP contribution in [0.15, 0.2) is 0 Å². The summed E-state index contributed by atoms with van der Waals surface area (Å²) >= 11 is 1.85. The van der Waals surface area contributed by atoms with Gasteiger partial charge in [0, 0.05) is 10.8 Å². The molecule has 0 spiro atoms. The Kier molecular flexibility index (Phi) is 3.34. The molecule has 21 heavy (non-hydrogen) atoms. The van der Waals surface area contributed by atoms with Crippen LogP contribution < -0.4 is 11.3 Å². The van der Waals surface area contributed by atoms with Crippen molar-refractivity contribution in [3.63, 3.8) is 0 Å². The zero-order valence-electron chi connectivity index (χ0n) is 12.5. The summed E-state index contributed by atoms with van der Waals surface area (Å²) in [6, 6.07) is 0. The lowest BCUT2D eigenvalue weighted by Crippen LogP contribution is -2.16. The van der Waals surface area contributed by atoms with E-state index in [1.165, 1.54) is 54.4 Å². The van der Waals surface area contributed by atoms with E-state index in [9.17, 15) is 0 Å². The fraction of sp³-hybridized carbons (Fsp3) is 0.625. The highest BCUT2D eigenvalue weighted by atomic mass is 32.1. The Hall–Kier alpha value is -1.20. The van der Waals surface area contributed by atoms with Gasteiger partial charge in [-0.3, -0.25) is 0 Å². The molecule has 4 nitrogen and oxygen atoms in total. The number of nitrogens with one attached hydrogen (secondary N) is 1. The van der Waals surface area contributed by atoms with Gasteiger partial charge in [-0.05, 0) is 43.6 Å². The molecule has 0 aliphatic heterocycles. The van der Waals surface area contributed by atoms with E-state index in [0.717, 1.165) is 28.8 Å². The highest BCUT2D eigenvalue weighted by molar-refractivity contribution is 7.19. The Morgan fingerprint density at radius 3 is 2.90 bits per heavy atom. The molecule has 2 aromatic rings. The average molecular weight is 302 g/mol. The number of aryl methyl sites for hydroxylation is 2. The summed E-state index contributed by atoms with van der Waals surface area (Å²) in [6.07, 6.45) is 8.64. The predicted molar refractivity (Wildman–Crippen MR) is 87.6 cm³/mol. The minimum atomic E-state index is 0.502. The largest absolute Gasteiger partial charge is 0.308 e. The number of hydrazine groups is 1. The van der Waals surface area contributed by atoms with Gasteiger partial charge in [0.25, 0.3) is 0 Å². The fourth-order valence-electron chi connectivity index (χ4n) is 3.97. The van der Waals surface area contributed by atoms with Gasteiger partial charge >= 0.3 is 0 Å². The summed E-state index contributed by atoms with van der Waals surface area (Å²) in [7, 11) is 0. The SMILES string of the molecule is CC1CCCC(c2nc(NN)c3c4c(sc3n2)CCC4)C1. The summed E-state index contributed by atoms with van der Waals surface area (Å²) in [5.74, 6) is 8.89. The van der Waals surface area contributed by atoms with Gasteiger partial charge in [-0.2, -0.15) is 0 Å². The van der Waals surface area contributed by atoms with Crippen LogP contribution in [0.5, 0.6) is 0 Å². The molecule has 1 saturated carbocycles. The van der Waals surface area contributed by atoms with Crippen LogP contribution in [0.2, 0.25) is 0 Å². The van der Waals surface area contributed by atoms with Gasteiger partial charge in [-0.15, -0.1) is 11.3 Å². The number of hydrogen-bond donors (Lipinski definition) is 2. The number of fused-ring (bicyclic) bond motifs is 3. The summed E-state index contributed by atoms with van der Waals surface area (Å²) < 4.78 is 0. The molecule has 4 rings (SSSR count). The van der Waals surface area contributed by atoms with E-state index in [2.05, 4.69) is 12.3 Å². The normalized spacial score (nSPS) is 25.2. The molecule has 2 unspecified atom stereocenters. The Morgan fingerprint density at radius 1 is 1.19 bits per heavy atom. The quantitative estimate of drug-likeness (QED) is 0.655. The van der Waals surface area contributed by atoms with E-state index >= 15 is 0 Å². The number of hydrogen-bond acceptors (Lipinski definition) is 5. The van der Waals surface area contributed by atoms with Crippen molar-refractivity contribution in [2.75, 3.05) is 5.43 Å². The third kappa shape index (κ3) is 2.23. The van der Waals surface area contributed by atoms with Crippen molar-refractivity contribution in [2.45, 2.75) is 57.8 Å². The van der Waals surface area contributed by atoms with Gasteiger partial charge in [0.2, 0.25) is 0 Å². The minimum absolute atomic E-state index is 0.502. The fourth-order valence-corrected chi connectivity index (χ4v) is 5.24. The average Bonchev–Trinajstić information content (AvgIpc) is 3.06. The summed E-state index contributed by atoms with van der Waals surface area (Å²) in [5.41, 5.74) is 4.27. The minimum Gasteiger partial charge on any atom is -0.308 e. The Bertz CT molecular complexity index is 678. The Morgan fingerprint density at radius 2 is 2.10 bits per heavy atom. The molecule has 2 aromatic heterocycles. The zero-order valence-corrected chi connectivity index (χ0v) is 13.3. The van der Waals surface area contributed by atoms with Gasteiger partial charge in [0.15, 0.2) is 5.82 Å². The maximum absolute atomic E-state index is 5.76. The van der Waals surface area contributed by atoms with Crippen LogP contribution in [-0.2, 0) is 12.8 Å². The molecule has 0 radical (unpaired) electrons. The van der Waals surface area contributed by atoms with Crippen LogP contribution in [0, 0.1) is 5.92 Å². The van der Waals surface area contributed by atoms with Crippen molar-refractivity contribution in [1.82, 2.24) is 9.97 Å². The second-order valence-electron chi connectivity index (χ2n) is 6.58. The number of nitrogen functional groups attached to an aromatic ring is 1. The molecule has 2 atom stereocenters. The molecular weight excluding hydrogens is 280 g/mol. The first-order valence-electron chi connectivity index (χ1n) is 8.05. The highest BCUT2D eigenvalue weighted by Gasteiger charge is 2.26. The second-order valence-corrected chi connectivity index (χ2v) is 7.66. The van der Waals surface area contributed by atoms with Crippen LogP contribution in [0.4, 0.5) is 5.82 Å². The molecule has 2 aliphatic carbocycles. The van der Waals surface area contributed by atoms with Crippen LogP contribution in [0.25, 0.3) is 10.2 Å². The first kappa shape index (κ1) is 13.5. The zero-order chi connectivity index (χ0) is 14.4. The first-order chi connectivity index (χ1) is 10.3. The first-order valence-corrected chi connectivity index (χ1v) is 8.86.